The van der Waals surface area contributed by atoms with E-state index in [4.69, 9.17) is 5.11 Å². The van der Waals surface area contributed by atoms with Gasteiger partial charge in [-0.15, -0.1) is 0 Å². The molecule has 6 heteroatoms. The third kappa shape index (κ3) is 2.70. The summed E-state index contributed by atoms with van der Waals surface area (Å²) in [7, 11) is -1.69. The molecule has 5 nitrogen and oxygen atoms in total. The van der Waals surface area contributed by atoms with Crippen molar-refractivity contribution in [1.82, 2.24) is 8.87 Å². The van der Waals surface area contributed by atoms with Crippen molar-refractivity contribution in [2.45, 2.75) is 31.8 Å². The largest absolute Gasteiger partial charge is 0.390 e. The van der Waals surface area contributed by atoms with Crippen molar-refractivity contribution in [3.05, 3.63) is 18.0 Å². The van der Waals surface area contributed by atoms with Gasteiger partial charge in [-0.2, -0.15) is 4.31 Å². The summed E-state index contributed by atoms with van der Waals surface area (Å²) in [6.07, 6.45) is 2.48. The molecule has 0 radical (unpaired) electrons. The second-order valence-corrected chi connectivity index (χ2v) is 7.48. The van der Waals surface area contributed by atoms with Crippen LogP contribution in [0, 0.1) is 11.8 Å². The van der Waals surface area contributed by atoms with Crippen molar-refractivity contribution in [3.8, 4) is 0 Å². The van der Waals surface area contributed by atoms with Gasteiger partial charge in [-0.1, -0.05) is 13.8 Å². The predicted molar refractivity (Wildman–Crippen MR) is 73.0 cm³/mol. The lowest BCUT2D eigenvalue weighted by atomic mass is 9.90. The molecule has 1 aromatic heterocycles. The molecule has 108 valence electrons. The highest BCUT2D eigenvalue weighted by molar-refractivity contribution is 7.89. The Balaban J connectivity index is 2.27. The minimum Gasteiger partial charge on any atom is -0.390 e. The molecule has 2 unspecified atom stereocenters. The summed E-state index contributed by atoms with van der Waals surface area (Å²) in [5.74, 6) is 0.944. The standard InChI is InChI=1S/C13H22N2O3S/c1-10-4-5-15(7-11(10)2)19(17,18)13-6-12(9-16)14(3)8-13/h6,8,10-11,16H,4-5,7,9H2,1-3H3. The van der Waals surface area contributed by atoms with Gasteiger partial charge in [0.25, 0.3) is 0 Å². The Hall–Kier alpha value is -0.850. The van der Waals surface area contributed by atoms with Gasteiger partial charge < -0.3 is 9.67 Å². The number of rotatable bonds is 3. The number of hydrogen-bond donors (Lipinski definition) is 1. The summed E-state index contributed by atoms with van der Waals surface area (Å²) in [5, 5.41) is 9.16. The number of piperidine rings is 1. The maximum absolute atomic E-state index is 12.6. The average molecular weight is 286 g/mol. The zero-order chi connectivity index (χ0) is 14.2. The molecule has 2 atom stereocenters. The number of aromatic nitrogens is 1. The maximum atomic E-state index is 12.6. The van der Waals surface area contributed by atoms with Gasteiger partial charge in [-0.3, -0.25) is 0 Å². The Morgan fingerprint density at radius 3 is 2.58 bits per heavy atom. The number of sulfonamides is 1. The molecule has 2 rings (SSSR count). The van der Waals surface area contributed by atoms with Crippen LogP contribution in [0.15, 0.2) is 17.2 Å². The van der Waals surface area contributed by atoms with E-state index in [0.29, 0.717) is 30.6 Å². The Kier molecular flexibility index (Phi) is 4.03. The monoisotopic (exact) mass is 286 g/mol. The van der Waals surface area contributed by atoms with Crippen LogP contribution in [0.2, 0.25) is 0 Å². The zero-order valence-electron chi connectivity index (χ0n) is 11.7. The average Bonchev–Trinajstić information content (AvgIpc) is 2.74. The Bertz CT molecular complexity index is 550. The molecule has 1 saturated heterocycles. The molecule has 1 fully saturated rings. The van der Waals surface area contributed by atoms with Gasteiger partial charge in [-0.05, 0) is 24.3 Å². The van der Waals surface area contributed by atoms with Crippen LogP contribution < -0.4 is 0 Å². The van der Waals surface area contributed by atoms with Crippen LogP contribution in [0.5, 0.6) is 0 Å². The first-order chi connectivity index (χ1) is 8.86. The van der Waals surface area contributed by atoms with Crippen molar-refractivity contribution in [3.63, 3.8) is 0 Å². The number of nitrogens with zero attached hydrogens (tertiary/aromatic N) is 2. The molecule has 0 saturated carbocycles. The summed E-state index contributed by atoms with van der Waals surface area (Å²) in [6, 6.07) is 1.55. The van der Waals surface area contributed by atoms with Crippen molar-refractivity contribution < 1.29 is 13.5 Å². The molecule has 1 N–H and O–H groups in total. The van der Waals surface area contributed by atoms with E-state index in [0.717, 1.165) is 6.42 Å². The highest BCUT2D eigenvalue weighted by Crippen LogP contribution is 2.27. The summed E-state index contributed by atoms with van der Waals surface area (Å²) in [4.78, 5) is 0.279. The van der Waals surface area contributed by atoms with Gasteiger partial charge in [0.15, 0.2) is 0 Å². The van der Waals surface area contributed by atoms with Crippen LogP contribution in [0.25, 0.3) is 0 Å². The summed E-state index contributed by atoms with van der Waals surface area (Å²) in [5.41, 5.74) is 0.608. The quantitative estimate of drug-likeness (QED) is 0.907. The van der Waals surface area contributed by atoms with Gasteiger partial charge >= 0.3 is 0 Å². The van der Waals surface area contributed by atoms with Crippen LogP contribution in [-0.4, -0.2) is 35.5 Å². The van der Waals surface area contributed by atoms with Gasteiger partial charge in [0.05, 0.1) is 6.61 Å². The molecule has 1 aliphatic rings. The third-order valence-electron chi connectivity index (χ3n) is 4.18. The highest BCUT2D eigenvalue weighted by atomic mass is 32.2. The van der Waals surface area contributed by atoms with Crippen molar-refractivity contribution in [2.75, 3.05) is 13.1 Å². The zero-order valence-corrected chi connectivity index (χ0v) is 12.5. The topological polar surface area (TPSA) is 62.5 Å². The first-order valence-electron chi connectivity index (χ1n) is 6.62. The normalized spacial score (nSPS) is 25.7. The molecule has 0 aliphatic carbocycles. The summed E-state index contributed by atoms with van der Waals surface area (Å²) >= 11 is 0. The lowest BCUT2D eigenvalue weighted by molar-refractivity contribution is 0.212. The molecule has 1 aliphatic heterocycles. The van der Waals surface area contributed by atoms with E-state index < -0.39 is 10.0 Å². The first-order valence-corrected chi connectivity index (χ1v) is 8.06. The summed E-state index contributed by atoms with van der Waals surface area (Å²) < 4.78 is 28.3. The van der Waals surface area contributed by atoms with Gasteiger partial charge in [0.2, 0.25) is 10.0 Å². The van der Waals surface area contributed by atoms with Crippen LogP contribution in [-0.2, 0) is 23.7 Å². The van der Waals surface area contributed by atoms with E-state index in [2.05, 4.69) is 13.8 Å². The van der Waals surface area contributed by atoms with Gasteiger partial charge in [-0.25, -0.2) is 8.42 Å². The van der Waals surface area contributed by atoms with Crippen molar-refractivity contribution in [1.29, 1.82) is 0 Å². The number of aliphatic hydroxyl groups excluding tert-OH is 1. The highest BCUT2D eigenvalue weighted by Gasteiger charge is 2.32. The maximum Gasteiger partial charge on any atom is 0.244 e. The molecule has 0 spiro atoms. The minimum atomic E-state index is -3.43. The fraction of sp³-hybridized carbons (Fsp3) is 0.692. The van der Waals surface area contributed by atoms with Gasteiger partial charge in [0.1, 0.15) is 4.90 Å². The Morgan fingerprint density at radius 1 is 1.37 bits per heavy atom. The predicted octanol–water partition coefficient (Wildman–Crippen LogP) is 1.18. The van der Waals surface area contributed by atoms with E-state index >= 15 is 0 Å². The van der Waals surface area contributed by atoms with Crippen LogP contribution >= 0.6 is 0 Å². The second kappa shape index (κ2) is 5.26. The smallest absolute Gasteiger partial charge is 0.244 e. The van der Waals surface area contributed by atoms with Crippen LogP contribution in [0.3, 0.4) is 0 Å². The van der Waals surface area contributed by atoms with E-state index in [1.54, 1.807) is 28.2 Å². The molecular formula is C13H22N2O3S. The first kappa shape index (κ1) is 14.6. The van der Waals surface area contributed by atoms with Gasteiger partial charge in [0, 0.05) is 32.0 Å². The molecule has 19 heavy (non-hydrogen) atoms. The Labute approximate surface area is 114 Å². The lowest BCUT2D eigenvalue weighted by Gasteiger charge is -2.34. The minimum absolute atomic E-state index is 0.153. The van der Waals surface area contributed by atoms with E-state index in [1.807, 2.05) is 0 Å². The van der Waals surface area contributed by atoms with Crippen LogP contribution in [0.4, 0.5) is 0 Å². The third-order valence-corrected chi connectivity index (χ3v) is 6.01. The van der Waals surface area contributed by atoms with Crippen molar-refractivity contribution >= 4 is 10.0 Å². The SMILES string of the molecule is CC1CCN(S(=O)(=O)c2cc(CO)n(C)c2)CC1C. The number of hydrogen-bond acceptors (Lipinski definition) is 3. The lowest BCUT2D eigenvalue weighted by Crippen LogP contribution is -2.42. The van der Waals surface area contributed by atoms with E-state index in [-0.39, 0.29) is 11.5 Å². The fourth-order valence-electron chi connectivity index (χ4n) is 2.47. The molecular weight excluding hydrogens is 264 g/mol. The molecule has 0 amide bonds. The van der Waals surface area contributed by atoms with Crippen LogP contribution in [0.1, 0.15) is 26.0 Å². The Morgan fingerprint density at radius 2 is 2.05 bits per heavy atom. The van der Waals surface area contributed by atoms with Crippen molar-refractivity contribution in [2.24, 2.45) is 18.9 Å². The molecule has 1 aromatic rings. The van der Waals surface area contributed by atoms with E-state index in [1.165, 1.54) is 0 Å². The number of aryl methyl sites for hydroxylation is 1. The summed E-state index contributed by atoms with van der Waals surface area (Å²) in [6.45, 7) is 5.26. The molecule has 0 bridgehead atoms. The van der Waals surface area contributed by atoms with E-state index in [9.17, 15) is 8.42 Å². The fourth-order valence-corrected chi connectivity index (χ4v) is 4.12. The molecule has 0 aromatic carbocycles. The second-order valence-electron chi connectivity index (χ2n) is 5.54. The molecule has 2 heterocycles. The number of aliphatic hydroxyl groups is 1.